The van der Waals surface area contributed by atoms with Gasteiger partial charge < -0.3 is 10.6 Å². The Kier molecular flexibility index (Phi) is 5.51. The van der Waals surface area contributed by atoms with Gasteiger partial charge in [-0.2, -0.15) is 0 Å². The predicted octanol–water partition coefficient (Wildman–Crippen LogP) is 3.38. The monoisotopic (exact) mass is 316 g/mol. The fourth-order valence-corrected chi connectivity index (χ4v) is 3.06. The van der Waals surface area contributed by atoms with E-state index in [1.54, 1.807) is 0 Å². The Hall–Kier alpha value is -1.35. The van der Waals surface area contributed by atoms with Crippen molar-refractivity contribution in [1.29, 1.82) is 0 Å². The highest BCUT2D eigenvalue weighted by atomic mass is 16.1. The SMILES string of the molecule is CC(C)(C)c1ccc(C(C)(C)CNC(=O)C2CCNCC2)cc1. The van der Waals surface area contributed by atoms with Gasteiger partial charge in [0.2, 0.25) is 5.91 Å². The Morgan fingerprint density at radius 2 is 1.57 bits per heavy atom. The van der Waals surface area contributed by atoms with Crippen molar-refractivity contribution in [3.63, 3.8) is 0 Å². The maximum Gasteiger partial charge on any atom is 0.223 e. The summed E-state index contributed by atoms with van der Waals surface area (Å²) in [5.41, 5.74) is 2.73. The van der Waals surface area contributed by atoms with Gasteiger partial charge in [-0.15, -0.1) is 0 Å². The first-order chi connectivity index (χ1) is 10.7. The molecule has 23 heavy (non-hydrogen) atoms. The number of nitrogens with one attached hydrogen (secondary N) is 2. The Bertz CT molecular complexity index is 520. The fraction of sp³-hybridized carbons (Fsp3) is 0.650. The maximum atomic E-state index is 12.3. The molecule has 0 bridgehead atoms. The molecule has 2 N–H and O–H groups in total. The lowest BCUT2D eigenvalue weighted by Crippen LogP contribution is -2.42. The van der Waals surface area contributed by atoms with E-state index >= 15 is 0 Å². The number of carbonyl (C=O) groups excluding carboxylic acids is 1. The molecule has 1 fully saturated rings. The highest BCUT2D eigenvalue weighted by Crippen LogP contribution is 2.27. The third-order valence-electron chi connectivity index (χ3n) is 4.95. The van der Waals surface area contributed by atoms with Gasteiger partial charge in [0.15, 0.2) is 0 Å². The van der Waals surface area contributed by atoms with Crippen molar-refractivity contribution in [3.05, 3.63) is 35.4 Å². The van der Waals surface area contributed by atoms with E-state index in [0.29, 0.717) is 6.54 Å². The molecule has 0 aromatic heterocycles. The minimum Gasteiger partial charge on any atom is -0.355 e. The van der Waals surface area contributed by atoms with Gasteiger partial charge in [-0.05, 0) is 42.5 Å². The van der Waals surface area contributed by atoms with Gasteiger partial charge in [0.1, 0.15) is 0 Å². The molecule has 0 saturated carbocycles. The standard InChI is InChI=1S/C20H32N2O/c1-19(2,3)16-6-8-17(9-7-16)20(4,5)14-22-18(23)15-10-12-21-13-11-15/h6-9,15,21H,10-14H2,1-5H3,(H,22,23). The lowest BCUT2D eigenvalue weighted by molar-refractivity contribution is -0.125. The lowest BCUT2D eigenvalue weighted by Gasteiger charge is -2.29. The third kappa shape index (κ3) is 4.81. The van der Waals surface area contributed by atoms with Crippen LogP contribution in [0.4, 0.5) is 0 Å². The summed E-state index contributed by atoms with van der Waals surface area (Å²) in [6.45, 7) is 13.7. The molecule has 0 unspecified atom stereocenters. The summed E-state index contributed by atoms with van der Waals surface area (Å²) in [7, 11) is 0. The van der Waals surface area contributed by atoms with Crippen LogP contribution in [0.3, 0.4) is 0 Å². The first-order valence-electron chi connectivity index (χ1n) is 8.79. The molecule has 0 spiro atoms. The summed E-state index contributed by atoms with van der Waals surface area (Å²) in [5.74, 6) is 0.390. The van der Waals surface area contributed by atoms with Crippen LogP contribution < -0.4 is 10.6 Å². The van der Waals surface area contributed by atoms with Crippen LogP contribution in [0.25, 0.3) is 0 Å². The van der Waals surface area contributed by atoms with E-state index in [-0.39, 0.29) is 22.7 Å². The van der Waals surface area contributed by atoms with Crippen molar-refractivity contribution in [1.82, 2.24) is 10.6 Å². The van der Waals surface area contributed by atoms with Gasteiger partial charge >= 0.3 is 0 Å². The van der Waals surface area contributed by atoms with Crippen molar-refractivity contribution < 1.29 is 4.79 Å². The minimum atomic E-state index is -0.0566. The Morgan fingerprint density at radius 1 is 1.04 bits per heavy atom. The predicted molar refractivity (Wildman–Crippen MR) is 96.8 cm³/mol. The first kappa shape index (κ1) is 18.0. The van der Waals surface area contributed by atoms with Crippen LogP contribution in [0.5, 0.6) is 0 Å². The third-order valence-corrected chi connectivity index (χ3v) is 4.95. The molecule has 0 aliphatic carbocycles. The van der Waals surface area contributed by atoms with Crippen molar-refractivity contribution in [2.75, 3.05) is 19.6 Å². The summed E-state index contributed by atoms with van der Waals surface area (Å²) in [6.07, 6.45) is 1.90. The van der Waals surface area contributed by atoms with Crippen LogP contribution in [-0.4, -0.2) is 25.5 Å². The van der Waals surface area contributed by atoms with Gasteiger partial charge in [-0.25, -0.2) is 0 Å². The van der Waals surface area contributed by atoms with Gasteiger partial charge in [0.05, 0.1) is 0 Å². The van der Waals surface area contributed by atoms with E-state index in [2.05, 4.69) is 69.5 Å². The average molecular weight is 316 g/mol. The zero-order chi connectivity index (χ0) is 17.1. The molecule has 1 aliphatic rings. The highest BCUT2D eigenvalue weighted by molar-refractivity contribution is 5.78. The molecular formula is C20H32N2O. The number of piperidine rings is 1. The van der Waals surface area contributed by atoms with E-state index in [1.807, 2.05) is 0 Å². The highest BCUT2D eigenvalue weighted by Gasteiger charge is 2.25. The van der Waals surface area contributed by atoms with Crippen LogP contribution in [0.2, 0.25) is 0 Å². The average Bonchev–Trinajstić information content (AvgIpc) is 2.53. The number of amides is 1. The van der Waals surface area contributed by atoms with E-state index in [9.17, 15) is 4.79 Å². The molecular weight excluding hydrogens is 284 g/mol. The van der Waals surface area contributed by atoms with E-state index in [1.165, 1.54) is 11.1 Å². The normalized spacial score (nSPS) is 17.1. The Labute approximate surface area is 141 Å². The first-order valence-corrected chi connectivity index (χ1v) is 8.79. The fourth-order valence-electron chi connectivity index (χ4n) is 3.06. The van der Waals surface area contributed by atoms with Crippen molar-refractivity contribution in [3.8, 4) is 0 Å². The summed E-state index contributed by atoms with van der Waals surface area (Å²) in [5, 5.41) is 6.47. The largest absolute Gasteiger partial charge is 0.355 e. The molecule has 2 rings (SSSR count). The van der Waals surface area contributed by atoms with Crippen LogP contribution >= 0.6 is 0 Å². The van der Waals surface area contributed by atoms with Gasteiger partial charge in [-0.3, -0.25) is 4.79 Å². The van der Waals surface area contributed by atoms with Crippen molar-refractivity contribution in [2.24, 2.45) is 5.92 Å². The molecule has 3 heteroatoms. The summed E-state index contributed by atoms with van der Waals surface area (Å²) in [6, 6.07) is 8.84. The van der Waals surface area contributed by atoms with Gasteiger partial charge in [0, 0.05) is 17.9 Å². The molecule has 3 nitrogen and oxygen atoms in total. The molecule has 1 heterocycles. The summed E-state index contributed by atoms with van der Waals surface area (Å²) < 4.78 is 0. The molecule has 1 aliphatic heterocycles. The molecule has 1 saturated heterocycles. The van der Waals surface area contributed by atoms with Crippen molar-refractivity contribution >= 4 is 5.91 Å². The molecule has 1 aromatic rings. The van der Waals surface area contributed by atoms with E-state index in [4.69, 9.17) is 0 Å². The Balaban J connectivity index is 1.96. The molecule has 1 amide bonds. The number of rotatable bonds is 4. The van der Waals surface area contributed by atoms with E-state index in [0.717, 1.165) is 25.9 Å². The van der Waals surface area contributed by atoms with E-state index < -0.39 is 0 Å². The topological polar surface area (TPSA) is 41.1 Å². The van der Waals surface area contributed by atoms with Crippen LogP contribution in [0, 0.1) is 5.92 Å². The smallest absolute Gasteiger partial charge is 0.223 e. The number of benzene rings is 1. The van der Waals surface area contributed by atoms with Crippen LogP contribution in [-0.2, 0) is 15.6 Å². The Morgan fingerprint density at radius 3 is 2.09 bits per heavy atom. The number of carbonyl (C=O) groups is 1. The lowest BCUT2D eigenvalue weighted by atomic mass is 9.81. The van der Waals surface area contributed by atoms with Gasteiger partial charge in [0.25, 0.3) is 0 Å². The zero-order valence-corrected chi connectivity index (χ0v) is 15.3. The molecule has 0 radical (unpaired) electrons. The number of hydrogen-bond donors (Lipinski definition) is 2. The second-order valence-corrected chi connectivity index (χ2v) is 8.45. The second-order valence-electron chi connectivity index (χ2n) is 8.45. The van der Waals surface area contributed by atoms with Gasteiger partial charge in [-0.1, -0.05) is 58.9 Å². The van der Waals surface area contributed by atoms with Crippen molar-refractivity contribution in [2.45, 2.75) is 58.3 Å². The quantitative estimate of drug-likeness (QED) is 0.894. The number of hydrogen-bond acceptors (Lipinski definition) is 2. The molecule has 0 atom stereocenters. The molecule has 128 valence electrons. The zero-order valence-electron chi connectivity index (χ0n) is 15.3. The van der Waals surface area contributed by atoms with Crippen LogP contribution in [0.1, 0.15) is 58.6 Å². The van der Waals surface area contributed by atoms with Crippen LogP contribution in [0.15, 0.2) is 24.3 Å². The maximum absolute atomic E-state index is 12.3. The minimum absolute atomic E-state index is 0.0566. The molecule has 1 aromatic carbocycles. The summed E-state index contributed by atoms with van der Waals surface area (Å²) in [4.78, 5) is 12.3. The summed E-state index contributed by atoms with van der Waals surface area (Å²) >= 11 is 0. The second kappa shape index (κ2) is 7.04.